The molecular formula is C28H28N2O3. The lowest BCUT2D eigenvalue weighted by Crippen LogP contribution is -2.33. The molecule has 0 spiro atoms. The van der Waals surface area contributed by atoms with Crippen molar-refractivity contribution in [3.63, 3.8) is 0 Å². The third kappa shape index (κ3) is 4.14. The molecule has 0 saturated heterocycles. The number of nitrogens with zero attached hydrogens (tertiary/aromatic N) is 1. The van der Waals surface area contributed by atoms with E-state index < -0.39 is 0 Å². The molecule has 0 fully saturated rings. The number of nitrogens with one attached hydrogen (secondary N) is 1. The summed E-state index contributed by atoms with van der Waals surface area (Å²) in [4.78, 5) is 28.6. The third-order valence-corrected chi connectivity index (χ3v) is 5.90. The summed E-state index contributed by atoms with van der Waals surface area (Å²) in [7, 11) is 1.56. The van der Waals surface area contributed by atoms with Gasteiger partial charge < -0.3 is 10.1 Å². The molecule has 3 aromatic carbocycles. The number of benzene rings is 3. The Balaban J connectivity index is 1.84. The van der Waals surface area contributed by atoms with E-state index in [1.807, 2.05) is 68.4 Å². The van der Waals surface area contributed by atoms with Gasteiger partial charge in [0.2, 0.25) is 0 Å². The molecule has 3 aromatic rings. The molecule has 1 aliphatic heterocycles. The molecule has 0 aliphatic carbocycles. The van der Waals surface area contributed by atoms with Crippen LogP contribution in [-0.2, 0) is 9.59 Å². The first kappa shape index (κ1) is 22.3. The van der Waals surface area contributed by atoms with Gasteiger partial charge in [-0.1, -0.05) is 61.9 Å². The molecular weight excluding hydrogens is 412 g/mol. The van der Waals surface area contributed by atoms with Crippen molar-refractivity contribution in [3.05, 3.63) is 94.7 Å². The van der Waals surface area contributed by atoms with Crippen LogP contribution in [0.15, 0.2) is 72.4 Å². The summed E-state index contributed by atoms with van der Waals surface area (Å²) in [5.74, 6) is 0.168. The van der Waals surface area contributed by atoms with Crippen LogP contribution in [0, 0.1) is 13.8 Å². The number of methoxy groups -OCH3 is 1. The smallest absolute Gasteiger partial charge is 0.282 e. The Morgan fingerprint density at radius 2 is 1.58 bits per heavy atom. The van der Waals surface area contributed by atoms with Crippen LogP contribution >= 0.6 is 0 Å². The highest BCUT2D eigenvalue weighted by Crippen LogP contribution is 2.38. The monoisotopic (exact) mass is 440 g/mol. The lowest BCUT2D eigenvalue weighted by Gasteiger charge is -2.18. The van der Waals surface area contributed by atoms with E-state index in [1.165, 1.54) is 10.5 Å². The van der Waals surface area contributed by atoms with E-state index in [1.54, 1.807) is 19.2 Å². The molecule has 168 valence electrons. The van der Waals surface area contributed by atoms with Gasteiger partial charge in [-0.2, -0.15) is 0 Å². The molecule has 1 heterocycles. The number of para-hydroxylation sites is 1. The maximum atomic E-state index is 13.7. The van der Waals surface area contributed by atoms with E-state index in [-0.39, 0.29) is 17.5 Å². The van der Waals surface area contributed by atoms with E-state index >= 15 is 0 Å². The number of carbonyl (C=O) groups is 2. The second-order valence-electron chi connectivity index (χ2n) is 8.59. The molecule has 2 amide bonds. The van der Waals surface area contributed by atoms with Crippen molar-refractivity contribution < 1.29 is 14.3 Å². The van der Waals surface area contributed by atoms with Crippen molar-refractivity contribution in [1.29, 1.82) is 0 Å². The molecule has 1 N–H and O–H groups in total. The van der Waals surface area contributed by atoms with Crippen LogP contribution in [0.4, 0.5) is 11.4 Å². The summed E-state index contributed by atoms with van der Waals surface area (Å²) in [6, 6.07) is 20.9. The van der Waals surface area contributed by atoms with Crippen molar-refractivity contribution >= 4 is 28.8 Å². The van der Waals surface area contributed by atoms with Gasteiger partial charge in [-0.05, 0) is 55.2 Å². The Morgan fingerprint density at radius 3 is 2.21 bits per heavy atom. The summed E-state index contributed by atoms with van der Waals surface area (Å²) in [6.45, 7) is 8.15. The van der Waals surface area contributed by atoms with Gasteiger partial charge in [0.05, 0.1) is 18.4 Å². The van der Waals surface area contributed by atoms with Crippen LogP contribution in [0.25, 0.3) is 5.57 Å². The summed E-state index contributed by atoms with van der Waals surface area (Å²) < 4.78 is 5.52. The van der Waals surface area contributed by atoms with Gasteiger partial charge in [-0.25, -0.2) is 4.90 Å². The summed E-state index contributed by atoms with van der Waals surface area (Å²) in [5.41, 5.74) is 5.56. The van der Waals surface area contributed by atoms with Crippen LogP contribution < -0.4 is 15.0 Å². The first-order valence-electron chi connectivity index (χ1n) is 11.0. The topological polar surface area (TPSA) is 58.6 Å². The fourth-order valence-electron chi connectivity index (χ4n) is 4.12. The highest BCUT2D eigenvalue weighted by molar-refractivity contribution is 6.46. The molecule has 0 radical (unpaired) electrons. The average Bonchev–Trinajstić information content (AvgIpc) is 3.03. The fourth-order valence-corrected chi connectivity index (χ4v) is 4.12. The predicted octanol–water partition coefficient (Wildman–Crippen LogP) is 5.83. The summed E-state index contributed by atoms with van der Waals surface area (Å²) >= 11 is 0. The van der Waals surface area contributed by atoms with Crippen molar-refractivity contribution in [2.45, 2.75) is 33.6 Å². The zero-order valence-electron chi connectivity index (χ0n) is 19.6. The second-order valence-corrected chi connectivity index (χ2v) is 8.59. The summed E-state index contributed by atoms with van der Waals surface area (Å²) in [6.07, 6.45) is 0. The number of imide groups is 1. The van der Waals surface area contributed by atoms with Gasteiger partial charge in [0.1, 0.15) is 11.4 Å². The predicted molar refractivity (Wildman–Crippen MR) is 132 cm³/mol. The van der Waals surface area contributed by atoms with Crippen molar-refractivity contribution in [2.75, 3.05) is 17.3 Å². The van der Waals surface area contributed by atoms with E-state index in [2.05, 4.69) is 19.2 Å². The van der Waals surface area contributed by atoms with E-state index in [0.29, 0.717) is 28.5 Å². The minimum atomic E-state index is -0.388. The molecule has 1 aliphatic rings. The SMILES string of the molecule is COc1ccccc1C1=C(Nc2ccc(C(C)C)cc2)C(=O)N(c2ccc(C)cc2C)C1=O. The van der Waals surface area contributed by atoms with Gasteiger partial charge in [0.25, 0.3) is 11.8 Å². The second kappa shape index (κ2) is 8.94. The number of hydrogen-bond donors (Lipinski definition) is 1. The lowest BCUT2D eigenvalue weighted by molar-refractivity contribution is -0.120. The van der Waals surface area contributed by atoms with Crippen molar-refractivity contribution in [2.24, 2.45) is 0 Å². The van der Waals surface area contributed by atoms with Gasteiger partial charge in [0.15, 0.2) is 0 Å². The number of amides is 2. The summed E-state index contributed by atoms with van der Waals surface area (Å²) in [5, 5.41) is 3.23. The molecule has 0 aromatic heterocycles. The zero-order chi connectivity index (χ0) is 23.7. The fraction of sp³-hybridized carbons (Fsp3) is 0.214. The maximum Gasteiger partial charge on any atom is 0.282 e. The first-order valence-corrected chi connectivity index (χ1v) is 11.0. The largest absolute Gasteiger partial charge is 0.496 e. The van der Waals surface area contributed by atoms with Crippen LogP contribution in [0.5, 0.6) is 5.75 Å². The Kier molecular flexibility index (Phi) is 6.05. The first-order chi connectivity index (χ1) is 15.8. The van der Waals surface area contributed by atoms with Crippen molar-refractivity contribution in [1.82, 2.24) is 0 Å². The van der Waals surface area contributed by atoms with Gasteiger partial charge in [0, 0.05) is 11.3 Å². The minimum Gasteiger partial charge on any atom is -0.496 e. The standard InChI is InChI=1S/C28H28N2O3/c1-17(2)20-11-13-21(14-12-20)29-26-25(22-8-6-7-9-24(22)33-5)27(31)30(28(26)32)23-15-10-18(3)16-19(23)4/h6-17,29H,1-5H3. The number of aryl methyl sites for hydroxylation is 2. The van der Waals surface area contributed by atoms with Gasteiger partial charge >= 0.3 is 0 Å². The quantitative estimate of drug-likeness (QED) is 0.490. The highest BCUT2D eigenvalue weighted by Gasteiger charge is 2.41. The number of ether oxygens (including phenoxy) is 1. The van der Waals surface area contributed by atoms with Crippen LogP contribution in [0.2, 0.25) is 0 Å². The van der Waals surface area contributed by atoms with E-state index in [4.69, 9.17) is 4.74 Å². The zero-order valence-corrected chi connectivity index (χ0v) is 19.6. The molecule has 4 rings (SSSR count). The highest BCUT2D eigenvalue weighted by atomic mass is 16.5. The molecule has 0 saturated carbocycles. The number of carbonyl (C=O) groups excluding carboxylic acids is 2. The third-order valence-electron chi connectivity index (χ3n) is 5.90. The Bertz CT molecular complexity index is 1260. The molecule has 33 heavy (non-hydrogen) atoms. The average molecular weight is 441 g/mol. The maximum absolute atomic E-state index is 13.7. The number of rotatable bonds is 6. The number of hydrogen-bond acceptors (Lipinski definition) is 4. The lowest BCUT2D eigenvalue weighted by atomic mass is 10.0. The number of anilines is 2. The van der Waals surface area contributed by atoms with Gasteiger partial charge in [-0.15, -0.1) is 0 Å². The van der Waals surface area contributed by atoms with Crippen LogP contribution in [-0.4, -0.2) is 18.9 Å². The molecule has 5 heteroatoms. The van der Waals surface area contributed by atoms with Crippen molar-refractivity contribution in [3.8, 4) is 5.75 Å². The molecule has 0 atom stereocenters. The normalized spacial score (nSPS) is 13.8. The Labute approximate surface area is 194 Å². The Morgan fingerprint density at radius 1 is 0.879 bits per heavy atom. The molecule has 0 bridgehead atoms. The van der Waals surface area contributed by atoms with Crippen LogP contribution in [0.1, 0.15) is 42.0 Å². The van der Waals surface area contributed by atoms with Crippen LogP contribution in [0.3, 0.4) is 0 Å². The Hall–Kier alpha value is -3.86. The van der Waals surface area contributed by atoms with Gasteiger partial charge in [-0.3, -0.25) is 9.59 Å². The van der Waals surface area contributed by atoms with E-state index in [0.717, 1.165) is 16.8 Å². The van der Waals surface area contributed by atoms with E-state index in [9.17, 15) is 9.59 Å². The minimum absolute atomic E-state index is 0.238. The molecule has 0 unspecified atom stereocenters. The molecule has 5 nitrogen and oxygen atoms in total.